The molecule has 1 saturated carbocycles. The van der Waals surface area contributed by atoms with E-state index in [1.54, 1.807) is 16.2 Å². The highest BCUT2D eigenvalue weighted by atomic mass is 32.1. The average Bonchev–Trinajstić information content (AvgIpc) is 3.65. The summed E-state index contributed by atoms with van der Waals surface area (Å²) in [6.45, 7) is 7.60. The zero-order valence-electron chi connectivity index (χ0n) is 21.2. The Labute approximate surface area is 221 Å². The topological polar surface area (TPSA) is 68.2 Å². The number of nitrogens with one attached hydrogen (secondary N) is 1. The number of hydrogen-bond donors (Lipinski definition) is 1. The van der Waals surface area contributed by atoms with Crippen LogP contribution in [0.3, 0.4) is 0 Å². The number of hydrogen-bond acceptors (Lipinski definition) is 7. The predicted molar refractivity (Wildman–Crippen MR) is 147 cm³/mol. The first-order valence-corrected chi connectivity index (χ1v) is 14.4. The highest BCUT2D eigenvalue weighted by Gasteiger charge is 2.58. The van der Waals surface area contributed by atoms with Crippen LogP contribution in [-0.2, 0) is 9.59 Å². The van der Waals surface area contributed by atoms with Crippen molar-refractivity contribution in [3.05, 3.63) is 52.9 Å². The molecular formula is C29H33N5O2S. The third-order valence-electron chi connectivity index (χ3n) is 8.81. The second kappa shape index (κ2) is 9.10. The van der Waals surface area contributed by atoms with Crippen LogP contribution in [0.4, 0.5) is 16.4 Å². The van der Waals surface area contributed by atoms with Gasteiger partial charge in [-0.25, -0.2) is 4.99 Å². The van der Waals surface area contributed by atoms with Crippen molar-refractivity contribution in [3.8, 4) is 0 Å². The molecule has 2 aliphatic carbocycles. The van der Waals surface area contributed by atoms with E-state index in [4.69, 9.17) is 4.99 Å². The second-order valence-corrected chi connectivity index (χ2v) is 12.3. The first-order valence-electron chi connectivity index (χ1n) is 13.6. The van der Waals surface area contributed by atoms with Gasteiger partial charge in [0.25, 0.3) is 0 Å². The fourth-order valence-electron chi connectivity index (χ4n) is 6.96. The number of amides is 2. The van der Waals surface area contributed by atoms with Gasteiger partial charge in [0.2, 0.25) is 11.8 Å². The van der Waals surface area contributed by atoms with Gasteiger partial charge in [-0.15, -0.1) is 11.3 Å². The standard InChI is InChI=1S/C29H33N5O2S/c1-18-16-21-26(30-22-6-2-3-7-23(22)31-27(21)37-18)33-14-12-32(13-15-33)10-4-5-11-34-28(35)24-19-8-9-20(17-19)25(24)29(34)36/h2-3,6-9,16,19-20,24-25,31H,4-5,10-15,17H2,1H3/t19-,20-,24-,25+/m1/s1. The monoisotopic (exact) mass is 515 g/mol. The molecule has 2 aromatic rings. The number of unbranched alkanes of at least 4 members (excludes halogenated alkanes) is 1. The fraction of sp³-hybridized carbons (Fsp3) is 0.483. The summed E-state index contributed by atoms with van der Waals surface area (Å²) in [5, 5.41) is 4.77. The third kappa shape index (κ3) is 3.92. The van der Waals surface area contributed by atoms with Crippen molar-refractivity contribution in [2.45, 2.75) is 26.2 Å². The zero-order valence-corrected chi connectivity index (χ0v) is 22.0. The van der Waals surface area contributed by atoms with Gasteiger partial charge >= 0.3 is 0 Å². The number of allylic oxidation sites excluding steroid dienone is 2. The summed E-state index contributed by atoms with van der Waals surface area (Å²) >= 11 is 1.78. The number of thiophene rings is 1. The van der Waals surface area contributed by atoms with Gasteiger partial charge in [0.05, 0.1) is 28.8 Å². The largest absolute Gasteiger partial charge is 0.353 e. The number of benzene rings is 1. The van der Waals surface area contributed by atoms with E-state index in [1.807, 2.05) is 12.1 Å². The van der Waals surface area contributed by atoms with Crippen LogP contribution in [0.5, 0.6) is 0 Å². The number of para-hydroxylation sites is 2. The Balaban J connectivity index is 0.937. The van der Waals surface area contributed by atoms with Crippen LogP contribution in [0, 0.1) is 30.6 Å². The van der Waals surface area contributed by atoms with Gasteiger partial charge in [-0.3, -0.25) is 19.4 Å². The molecule has 3 aliphatic heterocycles. The number of rotatable bonds is 5. The molecule has 1 aromatic carbocycles. The summed E-state index contributed by atoms with van der Waals surface area (Å²) < 4.78 is 0. The van der Waals surface area contributed by atoms with Gasteiger partial charge in [0.1, 0.15) is 10.8 Å². The summed E-state index contributed by atoms with van der Waals surface area (Å²) in [5.41, 5.74) is 3.24. The lowest BCUT2D eigenvalue weighted by Crippen LogP contribution is -2.49. The van der Waals surface area contributed by atoms with Gasteiger partial charge < -0.3 is 10.2 Å². The molecule has 8 heteroatoms. The Morgan fingerprint density at radius 3 is 2.43 bits per heavy atom. The number of aliphatic imine (C=N–C) groups is 1. The molecule has 1 aromatic heterocycles. The lowest BCUT2D eigenvalue weighted by atomic mass is 9.85. The average molecular weight is 516 g/mol. The molecule has 0 unspecified atom stereocenters. The van der Waals surface area contributed by atoms with Gasteiger partial charge in [-0.05, 0) is 62.8 Å². The van der Waals surface area contributed by atoms with Gasteiger partial charge in [-0.2, -0.15) is 0 Å². The molecule has 192 valence electrons. The maximum atomic E-state index is 12.9. The molecule has 4 atom stereocenters. The number of piperazine rings is 1. The Kier molecular flexibility index (Phi) is 5.70. The molecular weight excluding hydrogens is 482 g/mol. The lowest BCUT2D eigenvalue weighted by molar-refractivity contribution is -0.140. The first kappa shape index (κ1) is 23.2. The second-order valence-electron chi connectivity index (χ2n) is 11.0. The molecule has 0 radical (unpaired) electrons. The van der Waals surface area contributed by atoms with Crippen molar-refractivity contribution in [3.63, 3.8) is 0 Å². The van der Waals surface area contributed by atoms with Crippen LogP contribution in [-0.4, -0.2) is 71.6 Å². The molecule has 0 spiro atoms. The third-order valence-corrected chi connectivity index (χ3v) is 9.78. The highest BCUT2D eigenvalue weighted by molar-refractivity contribution is 7.16. The molecule has 2 amide bonds. The Morgan fingerprint density at radius 2 is 1.68 bits per heavy atom. The number of carbonyl (C=O) groups excluding carboxylic acids is 2. The summed E-state index contributed by atoms with van der Waals surface area (Å²) in [5.74, 6) is 1.69. The van der Waals surface area contributed by atoms with Crippen molar-refractivity contribution in [1.82, 2.24) is 14.7 Å². The number of amidine groups is 1. The van der Waals surface area contributed by atoms with Crippen LogP contribution in [0.2, 0.25) is 0 Å². The van der Waals surface area contributed by atoms with E-state index in [2.05, 4.69) is 52.4 Å². The number of carbonyl (C=O) groups is 2. The van der Waals surface area contributed by atoms with Crippen LogP contribution in [0.15, 0.2) is 47.5 Å². The van der Waals surface area contributed by atoms with E-state index in [0.29, 0.717) is 18.4 Å². The number of likely N-dealkylation sites (tertiary alicyclic amines) is 1. The Hall–Kier alpha value is -2.97. The van der Waals surface area contributed by atoms with Crippen molar-refractivity contribution in [2.24, 2.45) is 28.7 Å². The minimum absolute atomic E-state index is 0.0721. The minimum Gasteiger partial charge on any atom is -0.353 e. The molecule has 7 rings (SSSR count). The van der Waals surface area contributed by atoms with Crippen LogP contribution < -0.4 is 5.32 Å². The lowest BCUT2D eigenvalue weighted by Gasteiger charge is -2.36. The van der Waals surface area contributed by atoms with Crippen LogP contribution in [0.1, 0.15) is 29.7 Å². The fourth-order valence-corrected chi connectivity index (χ4v) is 7.88. The summed E-state index contributed by atoms with van der Waals surface area (Å²) in [7, 11) is 0. The van der Waals surface area contributed by atoms with E-state index < -0.39 is 0 Å². The summed E-state index contributed by atoms with van der Waals surface area (Å²) in [6, 6.07) is 10.5. The maximum absolute atomic E-state index is 12.9. The number of aryl methyl sites for hydroxylation is 1. The summed E-state index contributed by atoms with van der Waals surface area (Å²) in [4.78, 5) is 38.7. The van der Waals surface area contributed by atoms with Crippen molar-refractivity contribution in [1.29, 1.82) is 0 Å². The molecule has 2 saturated heterocycles. The number of anilines is 2. The van der Waals surface area contributed by atoms with E-state index in [1.165, 1.54) is 15.4 Å². The quantitative estimate of drug-likeness (QED) is 0.363. The molecule has 5 aliphatic rings. The SMILES string of the molecule is Cc1cc2c(s1)Nc1ccccc1N=C2N1CCN(CCCCN2C(=O)[C@@H]3[C@H](C2=O)[C@@H]2C=C[C@@H]3C2)CC1. The van der Waals surface area contributed by atoms with E-state index in [-0.39, 0.29) is 23.7 Å². The van der Waals surface area contributed by atoms with Crippen molar-refractivity contribution < 1.29 is 9.59 Å². The normalized spacial score (nSPS) is 28.2. The molecule has 2 bridgehead atoms. The number of fused-ring (bicyclic) bond motifs is 7. The van der Waals surface area contributed by atoms with E-state index in [0.717, 1.165) is 69.2 Å². The molecule has 4 heterocycles. The smallest absolute Gasteiger partial charge is 0.233 e. The number of nitrogens with zero attached hydrogens (tertiary/aromatic N) is 4. The molecule has 1 N–H and O–H groups in total. The van der Waals surface area contributed by atoms with Gasteiger partial charge in [0, 0.05) is 37.6 Å². The zero-order chi connectivity index (χ0) is 25.1. The maximum Gasteiger partial charge on any atom is 0.233 e. The minimum atomic E-state index is -0.0721. The van der Waals surface area contributed by atoms with Crippen molar-refractivity contribution in [2.75, 3.05) is 44.6 Å². The number of imide groups is 1. The van der Waals surface area contributed by atoms with E-state index >= 15 is 0 Å². The molecule has 7 nitrogen and oxygen atoms in total. The van der Waals surface area contributed by atoms with Crippen LogP contribution in [0.25, 0.3) is 0 Å². The molecule has 37 heavy (non-hydrogen) atoms. The van der Waals surface area contributed by atoms with Crippen LogP contribution >= 0.6 is 11.3 Å². The van der Waals surface area contributed by atoms with Crippen molar-refractivity contribution >= 4 is 45.4 Å². The summed E-state index contributed by atoms with van der Waals surface area (Å²) in [6.07, 6.45) is 7.21. The Bertz CT molecular complexity index is 1280. The first-order chi connectivity index (χ1) is 18.1. The van der Waals surface area contributed by atoms with Gasteiger partial charge in [-0.1, -0.05) is 24.3 Å². The molecule has 3 fully saturated rings. The highest BCUT2D eigenvalue weighted by Crippen LogP contribution is 2.52. The van der Waals surface area contributed by atoms with Gasteiger partial charge in [0.15, 0.2) is 0 Å². The predicted octanol–water partition coefficient (Wildman–Crippen LogP) is 4.40. The van der Waals surface area contributed by atoms with E-state index in [9.17, 15) is 9.59 Å². The Morgan fingerprint density at radius 1 is 0.973 bits per heavy atom.